The third-order valence-electron chi connectivity index (χ3n) is 2.45. The lowest BCUT2D eigenvalue weighted by Gasteiger charge is -2.16. The summed E-state index contributed by atoms with van der Waals surface area (Å²) in [6.07, 6.45) is 0. The molecule has 2 rings (SSSR count). The highest BCUT2D eigenvalue weighted by atomic mass is 28.3. The lowest BCUT2D eigenvalue weighted by atomic mass is 10.3. The summed E-state index contributed by atoms with van der Waals surface area (Å²) in [6.45, 7) is 7.07. The van der Waals surface area contributed by atoms with Gasteiger partial charge in [0.15, 0.2) is 0 Å². The van der Waals surface area contributed by atoms with Crippen molar-refractivity contribution in [3.8, 4) is 0 Å². The van der Waals surface area contributed by atoms with Crippen molar-refractivity contribution < 1.29 is 0 Å². The SMILES string of the molecule is Cn1nc2ccccc2c1[Si](C)(C)C. The first-order valence-electron chi connectivity index (χ1n) is 4.92. The normalized spacial score (nSPS) is 12.3. The van der Waals surface area contributed by atoms with E-state index in [-0.39, 0.29) is 0 Å². The largest absolute Gasteiger partial charge is 0.276 e. The molecule has 0 saturated carbocycles. The van der Waals surface area contributed by atoms with Gasteiger partial charge in [0.2, 0.25) is 0 Å². The molecule has 3 heteroatoms. The number of benzene rings is 1. The number of aryl methyl sites for hydroxylation is 1. The summed E-state index contributed by atoms with van der Waals surface area (Å²) in [5.74, 6) is 0. The quantitative estimate of drug-likeness (QED) is 0.651. The van der Waals surface area contributed by atoms with Gasteiger partial charge in [0.25, 0.3) is 0 Å². The molecule has 14 heavy (non-hydrogen) atoms. The second-order valence-electron chi connectivity index (χ2n) is 4.74. The van der Waals surface area contributed by atoms with Crippen molar-refractivity contribution in [3.05, 3.63) is 24.3 Å². The number of nitrogens with zero attached hydrogens (tertiary/aromatic N) is 2. The molecule has 2 aromatic rings. The predicted octanol–water partition coefficient (Wildman–Crippen LogP) is 2.12. The van der Waals surface area contributed by atoms with E-state index in [0.717, 1.165) is 5.52 Å². The van der Waals surface area contributed by atoms with Crippen LogP contribution in [0.1, 0.15) is 0 Å². The molecule has 0 spiro atoms. The molecule has 0 fully saturated rings. The van der Waals surface area contributed by atoms with Gasteiger partial charge in [-0.25, -0.2) is 0 Å². The third-order valence-corrected chi connectivity index (χ3v) is 4.46. The second kappa shape index (κ2) is 2.95. The maximum absolute atomic E-state index is 4.53. The van der Waals surface area contributed by atoms with Crippen molar-refractivity contribution in [2.45, 2.75) is 19.6 Å². The van der Waals surface area contributed by atoms with Crippen LogP contribution in [0.15, 0.2) is 24.3 Å². The van der Waals surface area contributed by atoms with Gasteiger partial charge in [-0.3, -0.25) is 4.68 Å². The van der Waals surface area contributed by atoms with E-state index >= 15 is 0 Å². The maximum Gasteiger partial charge on any atom is 0.102 e. The van der Waals surface area contributed by atoms with Gasteiger partial charge in [0.1, 0.15) is 8.07 Å². The minimum absolute atomic E-state index is 1.12. The Labute approximate surface area is 85.6 Å². The van der Waals surface area contributed by atoms with Crippen LogP contribution in [0.5, 0.6) is 0 Å². The molecular formula is C11H16N2Si. The minimum Gasteiger partial charge on any atom is -0.276 e. The summed E-state index contributed by atoms with van der Waals surface area (Å²) in [6, 6.07) is 8.39. The number of fused-ring (bicyclic) bond motifs is 1. The van der Waals surface area contributed by atoms with E-state index in [1.165, 1.54) is 10.7 Å². The van der Waals surface area contributed by atoms with Crippen LogP contribution in [-0.2, 0) is 7.05 Å². The van der Waals surface area contributed by atoms with E-state index in [0.29, 0.717) is 0 Å². The average molecular weight is 204 g/mol. The lowest BCUT2D eigenvalue weighted by Crippen LogP contribution is -2.42. The van der Waals surface area contributed by atoms with Crippen LogP contribution in [0.4, 0.5) is 0 Å². The third kappa shape index (κ3) is 1.37. The first-order chi connectivity index (χ1) is 6.50. The van der Waals surface area contributed by atoms with Crippen molar-refractivity contribution >= 4 is 24.3 Å². The van der Waals surface area contributed by atoms with Gasteiger partial charge < -0.3 is 0 Å². The Balaban J connectivity index is 2.81. The van der Waals surface area contributed by atoms with Crippen molar-refractivity contribution in [3.63, 3.8) is 0 Å². The predicted molar refractivity (Wildman–Crippen MR) is 63.7 cm³/mol. The van der Waals surface area contributed by atoms with Crippen LogP contribution in [0.2, 0.25) is 19.6 Å². The van der Waals surface area contributed by atoms with E-state index in [2.05, 4.69) is 47.6 Å². The number of hydrogen-bond donors (Lipinski definition) is 0. The van der Waals surface area contributed by atoms with Gasteiger partial charge in [-0.1, -0.05) is 37.8 Å². The van der Waals surface area contributed by atoms with Crippen molar-refractivity contribution in [2.24, 2.45) is 7.05 Å². The van der Waals surface area contributed by atoms with Gasteiger partial charge in [0, 0.05) is 17.8 Å². The summed E-state index contributed by atoms with van der Waals surface area (Å²) in [5, 5.41) is 7.30. The molecule has 0 aliphatic rings. The molecule has 1 heterocycles. The van der Waals surface area contributed by atoms with E-state index in [1.54, 1.807) is 0 Å². The summed E-state index contributed by atoms with van der Waals surface area (Å²) in [4.78, 5) is 0. The smallest absolute Gasteiger partial charge is 0.102 e. The zero-order valence-corrected chi connectivity index (χ0v) is 10.2. The summed E-state index contributed by atoms with van der Waals surface area (Å²) < 4.78 is 2.05. The van der Waals surface area contributed by atoms with Gasteiger partial charge in [-0.15, -0.1) is 0 Å². The minimum atomic E-state index is -1.29. The standard InChI is InChI=1S/C11H16N2Si/c1-13-11(14(2,3)4)9-7-5-6-8-10(9)12-13/h5-8H,1-4H3. The Kier molecular flexibility index (Phi) is 1.99. The van der Waals surface area contributed by atoms with Crippen LogP contribution in [0.3, 0.4) is 0 Å². The Morgan fingerprint density at radius 3 is 2.43 bits per heavy atom. The first-order valence-corrected chi connectivity index (χ1v) is 8.42. The van der Waals surface area contributed by atoms with Crippen molar-refractivity contribution in [1.29, 1.82) is 0 Å². The Bertz CT molecular complexity index is 466. The Morgan fingerprint density at radius 1 is 1.14 bits per heavy atom. The molecular weight excluding hydrogens is 188 g/mol. The molecule has 2 nitrogen and oxygen atoms in total. The lowest BCUT2D eigenvalue weighted by molar-refractivity contribution is 0.799. The highest BCUT2D eigenvalue weighted by Crippen LogP contribution is 2.13. The fraction of sp³-hybridized carbons (Fsp3) is 0.364. The molecule has 0 aliphatic carbocycles. The number of aromatic nitrogens is 2. The zero-order valence-electron chi connectivity index (χ0n) is 9.20. The average Bonchev–Trinajstić information content (AvgIpc) is 2.38. The summed E-state index contributed by atoms with van der Waals surface area (Å²) >= 11 is 0. The molecule has 0 amide bonds. The summed E-state index contributed by atoms with van der Waals surface area (Å²) in [5.41, 5.74) is 1.12. The fourth-order valence-corrected chi connectivity index (χ4v) is 4.08. The van der Waals surface area contributed by atoms with Crippen LogP contribution in [0, 0.1) is 0 Å². The molecule has 1 aromatic heterocycles. The first kappa shape index (κ1) is 9.46. The molecule has 0 unspecified atom stereocenters. The van der Waals surface area contributed by atoms with Crippen LogP contribution < -0.4 is 5.32 Å². The molecule has 0 saturated heterocycles. The maximum atomic E-state index is 4.53. The van der Waals surface area contributed by atoms with Gasteiger partial charge in [-0.05, 0) is 6.07 Å². The van der Waals surface area contributed by atoms with Gasteiger partial charge in [-0.2, -0.15) is 5.10 Å². The molecule has 0 N–H and O–H groups in total. The monoisotopic (exact) mass is 204 g/mol. The van der Waals surface area contributed by atoms with E-state index < -0.39 is 8.07 Å². The van der Waals surface area contributed by atoms with Crippen molar-refractivity contribution in [1.82, 2.24) is 9.78 Å². The van der Waals surface area contributed by atoms with E-state index in [4.69, 9.17) is 0 Å². The number of rotatable bonds is 1. The molecule has 0 bridgehead atoms. The molecule has 74 valence electrons. The fourth-order valence-electron chi connectivity index (χ4n) is 2.04. The van der Waals surface area contributed by atoms with Gasteiger partial charge in [0.05, 0.1) is 5.52 Å². The van der Waals surface area contributed by atoms with Crippen molar-refractivity contribution in [2.75, 3.05) is 0 Å². The van der Waals surface area contributed by atoms with Crippen LogP contribution in [0.25, 0.3) is 10.9 Å². The van der Waals surface area contributed by atoms with Gasteiger partial charge >= 0.3 is 0 Å². The topological polar surface area (TPSA) is 17.8 Å². The molecule has 0 atom stereocenters. The summed E-state index contributed by atoms with van der Waals surface area (Å²) in [7, 11) is 0.760. The molecule has 0 aliphatic heterocycles. The highest BCUT2D eigenvalue weighted by Gasteiger charge is 2.23. The second-order valence-corrected chi connectivity index (χ2v) is 9.71. The molecule has 0 radical (unpaired) electrons. The molecule has 1 aromatic carbocycles. The van der Waals surface area contributed by atoms with E-state index in [1.807, 2.05) is 13.1 Å². The van der Waals surface area contributed by atoms with Crippen LogP contribution in [-0.4, -0.2) is 17.9 Å². The van der Waals surface area contributed by atoms with Crippen LogP contribution >= 0.6 is 0 Å². The Hall–Kier alpha value is -1.09. The Morgan fingerprint density at radius 2 is 1.79 bits per heavy atom. The zero-order chi connectivity index (χ0) is 10.3. The van der Waals surface area contributed by atoms with E-state index in [9.17, 15) is 0 Å². The number of hydrogen-bond acceptors (Lipinski definition) is 1. The highest BCUT2D eigenvalue weighted by molar-refractivity contribution is 6.89.